The minimum atomic E-state index is -0.529. The Morgan fingerprint density at radius 1 is 1.09 bits per heavy atom. The Balaban J connectivity index is 1.52. The molecule has 34 heavy (non-hydrogen) atoms. The summed E-state index contributed by atoms with van der Waals surface area (Å²) < 4.78 is 6.58. The SMILES string of the molecule is CC(=O)c1cccc(NC(=O)Cn2cnc3sc(C(=O)OCc4ccccc4)c(C)c3c2=O)c1. The van der Waals surface area contributed by atoms with Crippen molar-refractivity contribution in [1.29, 1.82) is 0 Å². The Morgan fingerprint density at radius 2 is 1.85 bits per heavy atom. The lowest BCUT2D eigenvalue weighted by molar-refractivity contribution is -0.116. The van der Waals surface area contributed by atoms with Gasteiger partial charge in [-0.2, -0.15) is 0 Å². The third-order valence-corrected chi connectivity index (χ3v) is 6.36. The number of ether oxygens (including phenoxy) is 1. The summed E-state index contributed by atoms with van der Waals surface area (Å²) in [5.41, 5.74) is 1.83. The molecule has 8 nitrogen and oxygen atoms in total. The summed E-state index contributed by atoms with van der Waals surface area (Å²) in [6, 6.07) is 15.8. The molecule has 0 aliphatic rings. The molecule has 0 bridgehead atoms. The first kappa shape index (κ1) is 23.1. The Bertz CT molecular complexity index is 1460. The van der Waals surface area contributed by atoms with Crippen LogP contribution in [0, 0.1) is 6.92 Å². The van der Waals surface area contributed by atoms with Crippen LogP contribution < -0.4 is 10.9 Å². The molecule has 4 aromatic rings. The van der Waals surface area contributed by atoms with Crippen LogP contribution in [-0.2, 0) is 22.7 Å². The van der Waals surface area contributed by atoms with Gasteiger partial charge in [0.05, 0.1) is 11.7 Å². The number of carbonyl (C=O) groups is 3. The number of fused-ring (bicyclic) bond motifs is 1. The Hall–Kier alpha value is -4.11. The number of carbonyl (C=O) groups excluding carboxylic acids is 3. The number of anilines is 1. The van der Waals surface area contributed by atoms with Crippen LogP contribution in [0.4, 0.5) is 5.69 Å². The van der Waals surface area contributed by atoms with Gasteiger partial charge in [-0.1, -0.05) is 42.5 Å². The van der Waals surface area contributed by atoms with E-state index in [2.05, 4.69) is 10.3 Å². The largest absolute Gasteiger partial charge is 0.457 e. The van der Waals surface area contributed by atoms with Crippen LogP contribution in [0.15, 0.2) is 65.7 Å². The predicted octanol–water partition coefficient (Wildman–Crippen LogP) is 3.96. The van der Waals surface area contributed by atoms with Crippen LogP contribution in [0.5, 0.6) is 0 Å². The second-order valence-electron chi connectivity index (χ2n) is 7.66. The number of amides is 1. The Morgan fingerprint density at radius 3 is 2.59 bits per heavy atom. The van der Waals surface area contributed by atoms with Crippen molar-refractivity contribution in [2.24, 2.45) is 0 Å². The highest BCUT2D eigenvalue weighted by atomic mass is 32.1. The van der Waals surface area contributed by atoms with E-state index in [4.69, 9.17) is 4.74 Å². The van der Waals surface area contributed by atoms with Gasteiger partial charge in [-0.3, -0.25) is 19.0 Å². The highest BCUT2D eigenvalue weighted by molar-refractivity contribution is 7.20. The van der Waals surface area contributed by atoms with Gasteiger partial charge in [0, 0.05) is 11.3 Å². The fourth-order valence-electron chi connectivity index (χ4n) is 3.43. The number of rotatable bonds is 7. The molecule has 4 rings (SSSR count). The highest BCUT2D eigenvalue weighted by Gasteiger charge is 2.21. The van der Waals surface area contributed by atoms with Crippen LogP contribution in [-0.4, -0.2) is 27.2 Å². The molecule has 2 heterocycles. The number of aryl methyl sites for hydroxylation is 1. The average Bonchev–Trinajstić information content (AvgIpc) is 3.17. The normalized spacial score (nSPS) is 10.8. The Kier molecular flexibility index (Phi) is 6.65. The summed E-state index contributed by atoms with van der Waals surface area (Å²) in [6.07, 6.45) is 1.28. The number of Topliss-reactive ketones (excluding diaryl/α,β-unsaturated/α-hetero) is 1. The van der Waals surface area contributed by atoms with E-state index >= 15 is 0 Å². The van der Waals surface area contributed by atoms with Gasteiger partial charge in [0.1, 0.15) is 22.9 Å². The van der Waals surface area contributed by atoms with Crippen molar-refractivity contribution in [3.05, 3.63) is 92.8 Å². The van der Waals surface area contributed by atoms with E-state index in [9.17, 15) is 19.2 Å². The smallest absolute Gasteiger partial charge is 0.349 e. The number of nitrogens with one attached hydrogen (secondary N) is 1. The van der Waals surface area contributed by atoms with Crippen molar-refractivity contribution in [2.75, 3.05) is 5.32 Å². The van der Waals surface area contributed by atoms with Gasteiger partial charge in [-0.25, -0.2) is 9.78 Å². The zero-order valence-electron chi connectivity index (χ0n) is 18.5. The van der Waals surface area contributed by atoms with Gasteiger partial charge in [0.2, 0.25) is 5.91 Å². The first-order valence-corrected chi connectivity index (χ1v) is 11.3. The van der Waals surface area contributed by atoms with Gasteiger partial charge in [-0.05, 0) is 37.1 Å². The molecule has 1 N–H and O–H groups in total. The zero-order valence-corrected chi connectivity index (χ0v) is 19.3. The second-order valence-corrected chi connectivity index (χ2v) is 8.66. The fourth-order valence-corrected chi connectivity index (χ4v) is 4.46. The number of esters is 1. The third-order valence-electron chi connectivity index (χ3n) is 5.18. The van der Waals surface area contributed by atoms with E-state index < -0.39 is 17.4 Å². The molecule has 2 aromatic heterocycles. The lowest BCUT2D eigenvalue weighted by atomic mass is 10.1. The number of hydrogen-bond acceptors (Lipinski definition) is 7. The number of nitrogens with zero attached hydrogens (tertiary/aromatic N) is 2. The van der Waals surface area contributed by atoms with E-state index in [1.807, 2.05) is 30.3 Å². The van der Waals surface area contributed by atoms with E-state index in [1.165, 1.54) is 17.8 Å². The molecule has 9 heteroatoms. The maximum Gasteiger partial charge on any atom is 0.349 e. The summed E-state index contributed by atoms with van der Waals surface area (Å²) in [4.78, 5) is 54.7. The summed E-state index contributed by atoms with van der Waals surface area (Å²) in [7, 11) is 0. The number of thiophene rings is 1. The number of benzene rings is 2. The van der Waals surface area contributed by atoms with Gasteiger partial charge in [-0.15, -0.1) is 11.3 Å². The maximum absolute atomic E-state index is 13.0. The van der Waals surface area contributed by atoms with Gasteiger partial charge < -0.3 is 10.1 Å². The molecule has 0 spiro atoms. The molecule has 0 aliphatic carbocycles. The first-order valence-electron chi connectivity index (χ1n) is 10.4. The van der Waals surface area contributed by atoms with Crippen LogP contribution >= 0.6 is 11.3 Å². The lowest BCUT2D eigenvalue weighted by Gasteiger charge is -2.08. The third kappa shape index (κ3) is 4.94. The maximum atomic E-state index is 13.0. The summed E-state index contributed by atoms with van der Waals surface area (Å²) in [6.45, 7) is 2.96. The molecule has 0 saturated heterocycles. The van der Waals surface area contributed by atoms with E-state index in [1.54, 1.807) is 31.2 Å². The van der Waals surface area contributed by atoms with Crippen molar-refractivity contribution in [3.63, 3.8) is 0 Å². The monoisotopic (exact) mass is 475 g/mol. The predicted molar refractivity (Wildman–Crippen MR) is 129 cm³/mol. The van der Waals surface area contributed by atoms with E-state index in [0.29, 0.717) is 26.5 Å². The lowest BCUT2D eigenvalue weighted by Crippen LogP contribution is -2.28. The molecule has 0 aliphatic heterocycles. The molecule has 0 fully saturated rings. The Labute approximate surface area is 198 Å². The van der Waals surface area contributed by atoms with Crippen LogP contribution in [0.1, 0.15) is 38.1 Å². The molecule has 0 radical (unpaired) electrons. The number of hydrogen-bond donors (Lipinski definition) is 1. The van der Waals surface area contributed by atoms with Crippen molar-refractivity contribution >= 4 is 44.9 Å². The number of aromatic nitrogens is 2. The van der Waals surface area contributed by atoms with Crippen molar-refractivity contribution in [2.45, 2.75) is 27.0 Å². The molecule has 172 valence electrons. The minimum absolute atomic E-state index is 0.118. The van der Waals surface area contributed by atoms with Crippen molar-refractivity contribution < 1.29 is 19.1 Å². The van der Waals surface area contributed by atoms with E-state index in [-0.39, 0.29) is 24.3 Å². The van der Waals surface area contributed by atoms with Gasteiger partial charge in [0.25, 0.3) is 5.56 Å². The number of ketones is 1. The molecule has 0 saturated carbocycles. The molecular formula is C25H21N3O5S. The zero-order chi connectivity index (χ0) is 24.2. The van der Waals surface area contributed by atoms with Crippen LogP contribution in [0.25, 0.3) is 10.2 Å². The molecule has 0 atom stereocenters. The summed E-state index contributed by atoms with van der Waals surface area (Å²) in [5.74, 6) is -1.09. The molecule has 1 amide bonds. The first-order chi connectivity index (χ1) is 16.3. The molecule has 2 aromatic carbocycles. The molecular weight excluding hydrogens is 454 g/mol. The summed E-state index contributed by atoms with van der Waals surface area (Å²) >= 11 is 1.08. The highest BCUT2D eigenvalue weighted by Crippen LogP contribution is 2.27. The van der Waals surface area contributed by atoms with Gasteiger partial charge in [0.15, 0.2) is 5.78 Å². The second kappa shape index (κ2) is 9.80. The average molecular weight is 476 g/mol. The van der Waals surface area contributed by atoms with Crippen LogP contribution in [0.3, 0.4) is 0 Å². The summed E-state index contributed by atoms with van der Waals surface area (Å²) in [5, 5.41) is 2.96. The minimum Gasteiger partial charge on any atom is -0.457 e. The van der Waals surface area contributed by atoms with Crippen LogP contribution in [0.2, 0.25) is 0 Å². The van der Waals surface area contributed by atoms with Crippen molar-refractivity contribution in [1.82, 2.24) is 9.55 Å². The topological polar surface area (TPSA) is 107 Å². The fraction of sp³-hybridized carbons (Fsp3) is 0.160. The van der Waals surface area contributed by atoms with Crippen molar-refractivity contribution in [3.8, 4) is 0 Å². The quantitative estimate of drug-likeness (QED) is 0.320. The van der Waals surface area contributed by atoms with Gasteiger partial charge >= 0.3 is 5.97 Å². The molecule has 0 unspecified atom stereocenters. The van der Waals surface area contributed by atoms with E-state index in [0.717, 1.165) is 16.9 Å². The standard InChI is InChI=1S/C25H21N3O5S/c1-15-21-23(34-22(15)25(32)33-13-17-7-4-3-5-8-17)26-14-28(24(21)31)12-20(30)27-19-10-6-9-18(11-19)16(2)29/h3-11,14H,12-13H2,1-2H3,(H,27,30).